The molecule has 0 bridgehead atoms. The smallest absolute Gasteiger partial charge is 0.316 e. The van der Waals surface area contributed by atoms with E-state index in [2.05, 4.69) is 16.2 Å². The van der Waals surface area contributed by atoms with Crippen LogP contribution in [0.3, 0.4) is 0 Å². The normalized spacial score (nSPS) is 9.64. The molecule has 112 valence electrons. The Hall–Kier alpha value is -3.35. The second-order valence-electron chi connectivity index (χ2n) is 4.34. The minimum absolute atomic E-state index is 0.323. The molecule has 7 nitrogen and oxygen atoms in total. The van der Waals surface area contributed by atoms with E-state index in [1.54, 1.807) is 30.3 Å². The summed E-state index contributed by atoms with van der Waals surface area (Å²) in [6.45, 7) is 0. The second kappa shape index (κ2) is 6.89. The number of hydrazine groups is 1. The van der Waals surface area contributed by atoms with E-state index in [9.17, 15) is 14.4 Å². The summed E-state index contributed by atoms with van der Waals surface area (Å²) in [6.07, 6.45) is 0. The number of rotatable bonds is 3. The average Bonchev–Trinajstić information content (AvgIpc) is 2.53. The van der Waals surface area contributed by atoms with Gasteiger partial charge in [0.25, 0.3) is 11.8 Å². The Kier molecular flexibility index (Phi) is 4.71. The van der Waals surface area contributed by atoms with Crippen LogP contribution in [-0.2, 0) is 0 Å². The van der Waals surface area contributed by atoms with Crippen molar-refractivity contribution in [1.29, 1.82) is 0 Å². The zero-order chi connectivity index (χ0) is 15.9. The summed E-state index contributed by atoms with van der Waals surface area (Å²) < 4.78 is 0. The highest BCUT2D eigenvalue weighted by Gasteiger charge is 2.08. The van der Waals surface area contributed by atoms with Crippen LogP contribution in [-0.4, -0.2) is 17.8 Å². The molecule has 0 radical (unpaired) electrons. The molecule has 0 aliphatic carbocycles. The number of nitrogens with two attached hydrogens (primary N) is 1. The van der Waals surface area contributed by atoms with Crippen LogP contribution in [0.5, 0.6) is 0 Å². The molecule has 2 aromatic carbocycles. The quantitative estimate of drug-likeness (QED) is 0.639. The lowest BCUT2D eigenvalue weighted by Gasteiger charge is -2.08. The van der Waals surface area contributed by atoms with Crippen molar-refractivity contribution in [3.05, 3.63) is 65.7 Å². The van der Waals surface area contributed by atoms with E-state index in [0.717, 1.165) is 0 Å². The van der Waals surface area contributed by atoms with Crippen molar-refractivity contribution in [1.82, 2.24) is 10.9 Å². The highest BCUT2D eigenvalue weighted by atomic mass is 16.2. The highest BCUT2D eigenvalue weighted by Crippen LogP contribution is 2.09. The van der Waals surface area contributed by atoms with Crippen molar-refractivity contribution in [3.63, 3.8) is 0 Å². The Morgan fingerprint density at radius 1 is 0.727 bits per heavy atom. The van der Waals surface area contributed by atoms with Gasteiger partial charge in [0.05, 0.1) is 0 Å². The first-order valence-corrected chi connectivity index (χ1v) is 6.38. The van der Waals surface area contributed by atoms with Gasteiger partial charge in [0, 0.05) is 16.8 Å². The number of urea groups is 1. The van der Waals surface area contributed by atoms with Gasteiger partial charge in [0.15, 0.2) is 0 Å². The van der Waals surface area contributed by atoms with Crippen LogP contribution in [0.15, 0.2) is 54.6 Å². The summed E-state index contributed by atoms with van der Waals surface area (Å²) >= 11 is 0. The van der Waals surface area contributed by atoms with Gasteiger partial charge in [-0.15, -0.1) is 0 Å². The van der Waals surface area contributed by atoms with Gasteiger partial charge < -0.3 is 11.1 Å². The van der Waals surface area contributed by atoms with Gasteiger partial charge in [-0.2, -0.15) is 0 Å². The average molecular weight is 298 g/mol. The Labute approximate surface area is 126 Å². The van der Waals surface area contributed by atoms with Crippen molar-refractivity contribution >= 4 is 23.5 Å². The molecule has 7 heteroatoms. The van der Waals surface area contributed by atoms with Gasteiger partial charge in [0.2, 0.25) is 0 Å². The maximum Gasteiger partial charge on any atom is 0.316 e. The summed E-state index contributed by atoms with van der Waals surface area (Å²) in [6, 6.07) is 13.9. The molecular formula is C15H14N4O3. The van der Waals surface area contributed by atoms with Crippen LogP contribution in [0.2, 0.25) is 0 Å². The molecule has 0 saturated heterocycles. The molecule has 0 aliphatic heterocycles. The molecule has 0 spiro atoms. The maximum atomic E-state index is 11.9. The number of anilines is 1. The topological polar surface area (TPSA) is 113 Å². The van der Waals surface area contributed by atoms with Gasteiger partial charge in [0.1, 0.15) is 0 Å². The second-order valence-corrected chi connectivity index (χ2v) is 4.34. The van der Waals surface area contributed by atoms with Crippen LogP contribution in [0.1, 0.15) is 20.7 Å². The third-order valence-corrected chi connectivity index (χ3v) is 2.74. The summed E-state index contributed by atoms with van der Waals surface area (Å²) in [5.74, 6) is -0.893. The van der Waals surface area contributed by atoms with E-state index in [4.69, 9.17) is 5.73 Å². The van der Waals surface area contributed by atoms with E-state index in [0.29, 0.717) is 16.8 Å². The fourth-order valence-electron chi connectivity index (χ4n) is 1.69. The van der Waals surface area contributed by atoms with Crippen LogP contribution in [0, 0.1) is 0 Å². The summed E-state index contributed by atoms with van der Waals surface area (Å²) in [5, 5.41) is 2.38. The first-order chi connectivity index (χ1) is 10.6. The summed E-state index contributed by atoms with van der Waals surface area (Å²) in [4.78, 5) is 34.3. The molecule has 0 aromatic heterocycles. The van der Waals surface area contributed by atoms with E-state index in [1.165, 1.54) is 24.3 Å². The van der Waals surface area contributed by atoms with Crippen LogP contribution in [0.25, 0.3) is 0 Å². The number of carbonyl (C=O) groups is 3. The minimum Gasteiger partial charge on any atom is -0.351 e. The summed E-state index contributed by atoms with van der Waals surface area (Å²) in [5.41, 5.74) is 10.8. The van der Waals surface area contributed by atoms with Gasteiger partial charge >= 0.3 is 6.03 Å². The van der Waals surface area contributed by atoms with E-state index >= 15 is 0 Å². The Balaban J connectivity index is 1.92. The summed E-state index contributed by atoms with van der Waals surface area (Å²) in [7, 11) is 0. The fraction of sp³-hybridized carbons (Fsp3) is 0. The lowest BCUT2D eigenvalue weighted by Crippen LogP contribution is -2.41. The Morgan fingerprint density at radius 2 is 1.23 bits per heavy atom. The number of benzene rings is 2. The van der Waals surface area contributed by atoms with E-state index in [-0.39, 0.29) is 0 Å². The molecule has 0 unspecified atom stereocenters. The maximum absolute atomic E-state index is 11.9. The first-order valence-electron chi connectivity index (χ1n) is 6.38. The zero-order valence-electron chi connectivity index (χ0n) is 11.5. The van der Waals surface area contributed by atoms with Crippen LogP contribution < -0.4 is 21.9 Å². The number of amides is 4. The lowest BCUT2D eigenvalue weighted by atomic mass is 10.2. The third-order valence-electron chi connectivity index (χ3n) is 2.74. The number of primary amides is 1. The standard InChI is InChI=1S/C15H14N4O3/c16-15(22)17-12-8-6-11(7-9-12)14(21)19-18-13(20)10-4-2-1-3-5-10/h1-9H,(H,18,20)(H,19,21)(H3,16,17,22). The molecule has 4 amide bonds. The monoisotopic (exact) mass is 298 g/mol. The Morgan fingerprint density at radius 3 is 1.73 bits per heavy atom. The molecule has 0 atom stereocenters. The van der Waals surface area contributed by atoms with Crippen molar-refractivity contribution in [2.45, 2.75) is 0 Å². The van der Waals surface area contributed by atoms with Crippen LogP contribution >= 0.6 is 0 Å². The van der Waals surface area contributed by atoms with Gasteiger partial charge in [-0.1, -0.05) is 18.2 Å². The Bertz CT molecular complexity index is 684. The first kappa shape index (κ1) is 15.0. The van der Waals surface area contributed by atoms with E-state index < -0.39 is 17.8 Å². The highest BCUT2D eigenvalue weighted by molar-refractivity contribution is 5.99. The molecule has 0 fully saturated rings. The zero-order valence-corrected chi connectivity index (χ0v) is 11.5. The van der Waals surface area contributed by atoms with Crippen molar-refractivity contribution in [2.75, 3.05) is 5.32 Å². The van der Waals surface area contributed by atoms with Gasteiger partial charge in [-0.05, 0) is 36.4 Å². The lowest BCUT2D eigenvalue weighted by molar-refractivity contribution is 0.0846. The molecule has 2 rings (SSSR count). The molecule has 0 aliphatic rings. The minimum atomic E-state index is -0.688. The molecule has 0 heterocycles. The van der Waals surface area contributed by atoms with E-state index in [1.807, 2.05) is 0 Å². The SMILES string of the molecule is NC(=O)Nc1ccc(C(=O)NNC(=O)c2ccccc2)cc1. The largest absolute Gasteiger partial charge is 0.351 e. The molecule has 0 saturated carbocycles. The number of nitrogens with one attached hydrogen (secondary N) is 3. The molecule has 2 aromatic rings. The number of hydrogen-bond acceptors (Lipinski definition) is 3. The van der Waals surface area contributed by atoms with Crippen LogP contribution in [0.4, 0.5) is 10.5 Å². The van der Waals surface area contributed by atoms with Crippen molar-refractivity contribution < 1.29 is 14.4 Å². The number of hydrogen-bond donors (Lipinski definition) is 4. The van der Waals surface area contributed by atoms with Gasteiger partial charge in [-0.3, -0.25) is 20.4 Å². The molecular weight excluding hydrogens is 284 g/mol. The van der Waals surface area contributed by atoms with Gasteiger partial charge in [-0.25, -0.2) is 4.79 Å². The van der Waals surface area contributed by atoms with Crippen molar-refractivity contribution in [3.8, 4) is 0 Å². The third kappa shape index (κ3) is 4.07. The molecule has 5 N–H and O–H groups in total. The number of carbonyl (C=O) groups excluding carboxylic acids is 3. The van der Waals surface area contributed by atoms with Crippen molar-refractivity contribution in [2.24, 2.45) is 5.73 Å². The predicted octanol–water partition coefficient (Wildman–Crippen LogP) is 1.25. The molecule has 22 heavy (non-hydrogen) atoms. The fourth-order valence-corrected chi connectivity index (χ4v) is 1.69. The predicted molar refractivity (Wildman–Crippen MR) is 81.0 cm³/mol.